The lowest BCUT2D eigenvalue weighted by atomic mass is 9.92. The molecule has 0 aromatic heterocycles. The molecule has 1 atom stereocenters. The molecule has 2 aromatic carbocycles. The van der Waals surface area contributed by atoms with Crippen LogP contribution in [0.1, 0.15) is 22.8 Å². The molecule has 1 saturated heterocycles. The van der Waals surface area contributed by atoms with Gasteiger partial charge in [-0.05, 0) is 48.9 Å². The average Bonchev–Trinajstić information content (AvgIpc) is 2.86. The van der Waals surface area contributed by atoms with Crippen LogP contribution < -0.4 is 15.5 Å². The van der Waals surface area contributed by atoms with Crippen LogP contribution in [0, 0.1) is 5.82 Å². The lowest BCUT2D eigenvalue weighted by molar-refractivity contribution is -0.132. The molecule has 0 radical (unpaired) electrons. The molecular weight excluding hydrogens is 341 g/mol. The first-order valence-corrected chi connectivity index (χ1v) is 7.73. The Hall–Kier alpha value is -3.42. The molecule has 0 aliphatic carbocycles. The van der Waals surface area contributed by atoms with Gasteiger partial charge in [-0.15, -0.1) is 0 Å². The lowest BCUT2D eigenvalue weighted by Gasteiger charge is -2.22. The number of methoxy groups -OCH3 is 1. The van der Waals surface area contributed by atoms with Gasteiger partial charge in [0.05, 0.1) is 7.11 Å². The van der Waals surface area contributed by atoms with E-state index in [0.29, 0.717) is 16.3 Å². The summed E-state index contributed by atoms with van der Waals surface area (Å²) in [5, 5.41) is 3.19. The van der Waals surface area contributed by atoms with Crippen LogP contribution in [0.5, 0.6) is 5.75 Å². The van der Waals surface area contributed by atoms with Gasteiger partial charge in [0.25, 0.3) is 11.8 Å². The largest absolute Gasteiger partial charge is 0.497 e. The summed E-state index contributed by atoms with van der Waals surface area (Å²) in [4.78, 5) is 37.2. The van der Waals surface area contributed by atoms with Gasteiger partial charge in [0.2, 0.25) is 0 Å². The molecular formula is C18H16FN3O4. The molecule has 4 amide bonds. The highest BCUT2D eigenvalue weighted by Gasteiger charge is 2.50. The molecule has 8 heteroatoms. The highest BCUT2D eigenvalue weighted by atomic mass is 19.1. The molecule has 134 valence electrons. The Balaban J connectivity index is 1.81. The van der Waals surface area contributed by atoms with Gasteiger partial charge in [0.1, 0.15) is 17.1 Å². The van der Waals surface area contributed by atoms with E-state index in [1.807, 2.05) is 0 Å². The molecule has 1 heterocycles. The number of ether oxygens (including phenoxy) is 1. The Morgan fingerprint density at radius 2 is 1.73 bits per heavy atom. The van der Waals surface area contributed by atoms with Gasteiger partial charge in [0, 0.05) is 5.56 Å². The lowest BCUT2D eigenvalue weighted by Crippen LogP contribution is -2.47. The summed E-state index contributed by atoms with van der Waals surface area (Å²) in [7, 11) is 1.52. The predicted octanol–water partition coefficient (Wildman–Crippen LogP) is 1.95. The molecule has 1 fully saturated rings. The summed E-state index contributed by atoms with van der Waals surface area (Å²) in [6.07, 6.45) is 0. The van der Waals surface area contributed by atoms with Crippen LogP contribution in [-0.4, -0.2) is 30.0 Å². The minimum absolute atomic E-state index is 0.116. The van der Waals surface area contributed by atoms with Crippen molar-refractivity contribution < 1.29 is 23.5 Å². The van der Waals surface area contributed by atoms with E-state index in [2.05, 4.69) is 10.7 Å². The van der Waals surface area contributed by atoms with Gasteiger partial charge in [-0.25, -0.2) is 9.18 Å². The predicted molar refractivity (Wildman–Crippen MR) is 89.6 cm³/mol. The first-order chi connectivity index (χ1) is 12.3. The summed E-state index contributed by atoms with van der Waals surface area (Å²) in [5.41, 5.74) is 1.57. The van der Waals surface area contributed by atoms with Crippen LogP contribution in [0.3, 0.4) is 0 Å². The number of imide groups is 1. The maximum atomic E-state index is 13.0. The molecule has 3 rings (SSSR count). The minimum atomic E-state index is -1.33. The van der Waals surface area contributed by atoms with Crippen LogP contribution in [0.25, 0.3) is 0 Å². The normalized spacial score (nSPS) is 19.3. The topological polar surface area (TPSA) is 87.7 Å². The van der Waals surface area contributed by atoms with Crippen molar-refractivity contribution in [3.8, 4) is 5.75 Å². The van der Waals surface area contributed by atoms with Gasteiger partial charge >= 0.3 is 6.03 Å². The van der Waals surface area contributed by atoms with Crippen molar-refractivity contribution in [2.75, 3.05) is 7.11 Å². The quantitative estimate of drug-likeness (QED) is 0.819. The number of urea groups is 1. The van der Waals surface area contributed by atoms with Crippen molar-refractivity contribution >= 4 is 17.8 Å². The first kappa shape index (κ1) is 17.4. The number of amides is 4. The van der Waals surface area contributed by atoms with Crippen molar-refractivity contribution in [1.82, 2.24) is 15.8 Å². The second-order valence-corrected chi connectivity index (χ2v) is 5.87. The van der Waals surface area contributed by atoms with E-state index in [1.54, 1.807) is 31.2 Å². The molecule has 0 unspecified atom stereocenters. The van der Waals surface area contributed by atoms with Crippen LogP contribution in [0.15, 0.2) is 48.5 Å². The van der Waals surface area contributed by atoms with Gasteiger partial charge in [-0.1, -0.05) is 12.1 Å². The van der Waals surface area contributed by atoms with Crippen molar-refractivity contribution in [3.05, 3.63) is 65.5 Å². The fourth-order valence-corrected chi connectivity index (χ4v) is 2.63. The van der Waals surface area contributed by atoms with E-state index in [0.717, 1.165) is 12.1 Å². The Morgan fingerprint density at radius 3 is 2.31 bits per heavy atom. The van der Waals surface area contributed by atoms with E-state index in [-0.39, 0.29) is 5.56 Å². The van der Waals surface area contributed by atoms with Crippen molar-refractivity contribution in [2.45, 2.75) is 12.5 Å². The Bertz CT molecular complexity index is 867. The standard InChI is InChI=1S/C18H16FN3O4/c1-18(12-5-9-14(26-2)10-6-12)16(24)22(17(25)20-18)21-15(23)11-3-7-13(19)8-4-11/h3-10H,1-2H3,(H,20,25)(H,21,23)/t18-/m0/s1. The van der Waals surface area contributed by atoms with E-state index in [4.69, 9.17) is 4.74 Å². The van der Waals surface area contributed by atoms with Crippen molar-refractivity contribution in [2.24, 2.45) is 0 Å². The molecule has 2 N–H and O–H groups in total. The second-order valence-electron chi connectivity index (χ2n) is 5.87. The van der Waals surface area contributed by atoms with E-state index >= 15 is 0 Å². The fourth-order valence-electron chi connectivity index (χ4n) is 2.63. The van der Waals surface area contributed by atoms with Gasteiger partial charge in [0.15, 0.2) is 0 Å². The maximum Gasteiger partial charge on any atom is 0.344 e. The molecule has 7 nitrogen and oxygen atoms in total. The molecule has 0 spiro atoms. The van der Waals surface area contributed by atoms with Gasteiger partial charge in [-0.3, -0.25) is 15.0 Å². The number of hydrogen-bond acceptors (Lipinski definition) is 4. The van der Waals surface area contributed by atoms with Crippen molar-refractivity contribution in [1.29, 1.82) is 0 Å². The second kappa shape index (κ2) is 6.47. The van der Waals surface area contributed by atoms with E-state index in [1.165, 1.54) is 19.2 Å². The van der Waals surface area contributed by atoms with E-state index in [9.17, 15) is 18.8 Å². The smallest absolute Gasteiger partial charge is 0.344 e. The SMILES string of the molecule is COc1ccc([C@]2(C)NC(=O)N(NC(=O)c3ccc(F)cc3)C2=O)cc1. The minimum Gasteiger partial charge on any atom is -0.497 e. The molecule has 2 aromatic rings. The number of nitrogens with one attached hydrogen (secondary N) is 2. The van der Waals surface area contributed by atoms with Gasteiger partial charge in [-0.2, -0.15) is 5.01 Å². The third-order valence-electron chi connectivity index (χ3n) is 4.18. The molecule has 0 bridgehead atoms. The van der Waals surface area contributed by atoms with Crippen LogP contribution in [-0.2, 0) is 10.3 Å². The Kier molecular flexibility index (Phi) is 4.33. The van der Waals surface area contributed by atoms with Crippen LogP contribution in [0.4, 0.5) is 9.18 Å². The third-order valence-corrected chi connectivity index (χ3v) is 4.18. The number of nitrogens with zero attached hydrogens (tertiary/aromatic N) is 1. The number of benzene rings is 2. The Labute approximate surface area is 148 Å². The zero-order valence-corrected chi connectivity index (χ0v) is 14.1. The average molecular weight is 357 g/mol. The Morgan fingerprint density at radius 1 is 1.12 bits per heavy atom. The number of rotatable bonds is 4. The number of halogens is 1. The summed E-state index contributed by atoms with van der Waals surface area (Å²) < 4.78 is 18.0. The highest BCUT2D eigenvalue weighted by Crippen LogP contribution is 2.29. The molecule has 0 saturated carbocycles. The summed E-state index contributed by atoms with van der Waals surface area (Å²) in [6.45, 7) is 1.54. The highest BCUT2D eigenvalue weighted by molar-refractivity contribution is 6.09. The first-order valence-electron chi connectivity index (χ1n) is 7.73. The molecule has 1 aliphatic rings. The zero-order valence-electron chi connectivity index (χ0n) is 14.1. The van der Waals surface area contributed by atoms with Crippen LogP contribution in [0.2, 0.25) is 0 Å². The summed E-state index contributed by atoms with van der Waals surface area (Å²) in [6, 6.07) is 10.6. The number of carbonyl (C=O) groups excluding carboxylic acids is 3. The maximum absolute atomic E-state index is 13.0. The fraction of sp³-hybridized carbons (Fsp3) is 0.167. The number of hydrazine groups is 1. The third kappa shape index (κ3) is 2.97. The van der Waals surface area contributed by atoms with Crippen LogP contribution >= 0.6 is 0 Å². The summed E-state index contributed by atoms with van der Waals surface area (Å²) in [5.74, 6) is -1.23. The number of hydrogen-bond donors (Lipinski definition) is 2. The monoisotopic (exact) mass is 357 g/mol. The molecule has 26 heavy (non-hydrogen) atoms. The summed E-state index contributed by atoms with van der Waals surface area (Å²) >= 11 is 0. The van der Waals surface area contributed by atoms with E-state index < -0.39 is 29.2 Å². The van der Waals surface area contributed by atoms with Gasteiger partial charge < -0.3 is 10.1 Å². The zero-order chi connectivity index (χ0) is 18.9. The molecule has 1 aliphatic heterocycles. The van der Waals surface area contributed by atoms with Crippen molar-refractivity contribution in [3.63, 3.8) is 0 Å². The number of carbonyl (C=O) groups is 3.